The highest BCUT2D eigenvalue weighted by Crippen LogP contribution is 2.39. The second kappa shape index (κ2) is 7.25. The maximum Gasteiger partial charge on any atom is 0.251 e. The molecule has 0 unspecified atom stereocenters. The standard InChI is InChI=1S/C20H21FN4OS/c1-25(14-6-3-7-23-10-14)20-15-9-17(12-4-2-5-13(21)8-12)27-18(15)16(11-24-20)19(22)26/h2,4-5,8-9,11,14,23H,3,6-7,10H2,1H3,(H2,22,26)/t14-/m0/s1. The number of hydrogen-bond donors (Lipinski definition) is 2. The van der Waals surface area contributed by atoms with Crippen molar-refractivity contribution in [3.8, 4) is 10.4 Å². The number of anilines is 1. The van der Waals surface area contributed by atoms with E-state index in [1.807, 2.05) is 19.2 Å². The van der Waals surface area contributed by atoms with Crippen LogP contribution in [0.15, 0.2) is 36.5 Å². The van der Waals surface area contributed by atoms with E-state index in [2.05, 4.69) is 15.2 Å². The number of nitrogens with two attached hydrogens (primary N) is 1. The number of piperidine rings is 1. The minimum atomic E-state index is -0.506. The third-order valence-corrected chi connectivity index (χ3v) is 6.28. The van der Waals surface area contributed by atoms with Gasteiger partial charge in [-0.3, -0.25) is 4.79 Å². The van der Waals surface area contributed by atoms with Crippen LogP contribution in [0.25, 0.3) is 20.5 Å². The molecular weight excluding hydrogens is 363 g/mol. The minimum absolute atomic E-state index is 0.288. The largest absolute Gasteiger partial charge is 0.366 e. The van der Waals surface area contributed by atoms with Crippen LogP contribution in [0.5, 0.6) is 0 Å². The van der Waals surface area contributed by atoms with Crippen LogP contribution in [0.3, 0.4) is 0 Å². The Labute approximate surface area is 161 Å². The highest BCUT2D eigenvalue weighted by atomic mass is 32.1. The molecule has 0 spiro atoms. The smallest absolute Gasteiger partial charge is 0.251 e. The molecule has 0 saturated carbocycles. The van der Waals surface area contributed by atoms with Gasteiger partial charge in [-0.2, -0.15) is 0 Å². The first-order valence-electron chi connectivity index (χ1n) is 8.96. The number of halogens is 1. The first-order valence-corrected chi connectivity index (χ1v) is 9.78. The quantitative estimate of drug-likeness (QED) is 0.723. The fourth-order valence-corrected chi connectivity index (χ4v) is 4.75. The molecule has 140 valence electrons. The van der Waals surface area contributed by atoms with Crippen molar-refractivity contribution >= 4 is 33.1 Å². The number of aromatic nitrogens is 1. The fourth-order valence-electron chi connectivity index (χ4n) is 3.59. The van der Waals surface area contributed by atoms with E-state index in [1.54, 1.807) is 12.3 Å². The molecule has 1 atom stereocenters. The van der Waals surface area contributed by atoms with E-state index in [-0.39, 0.29) is 5.82 Å². The van der Waals surface area contributed by atoms with Gasteiger partial charge in [0.05, 0.1) is 10.3 Å². The molecule has 5 nitrogen and oxygen atoms in total. The molecule has 1 aromatic carbocycles. The summed E-state index contributed by atoms with van der Waals surface area (Å²) >= 11 is 1.44. The number of carbonyl (C=O) groups is 1. The lowest BCUT2D eigenvalue weighted by Crippen LogP contribution is -2.44. The molecule has 3 heterocycles. The van der Waals surface area contributed by atoms with Gasteiger partial charge in [0.25, 0.3) is 5.91 Å². The molecule has 7 heteroatoms. The summed E-state index contributed by atoms with van der Waals surface area (Å²) in [6.07, 6.45) is 3.76. The third-order valence-electron chi connectivity index (χ3n) is 5.06. The Hall–Kier alpha value is -2.51. The topological polar surface area (TPSA) is 71.2 Å². The predicted molar refractivity (Wildman–Crippen MR) is 108 cm³/mol. The van der Waals surface area contributed by atoms with Gasteiger partial charge >= 0.3 is 0 Å². The molecular formula is C20H21FN4OS. The van der Waals surface area contributed by atoms with Gasteiger partial charge in [0.2, 0.25) is 0 Å². The number of carbonyl (C=O) groups excluding carboxylic acids is 1. The van der Waals surface area contributed by atoms with Crippen molar-refractivity contribution in [2.45, 2.75) is 18.9 Å². The summed E-state index contributed by atoms with van der Waals surface area (Å²) < 4.78 is 14.5. The molecule has 0 bridgehead atoms. The van der Waals surface area contributed by atoms with Crippen LogP contribution in [0.2, 0.25) is 0 Å². The van der Waals surface area contributed by atoms with Crippen LogP contribution < -0.4 is 16.0 Å². The van der Waals surface area contributed by atoms with E-state index in [4.69, 9.17) is 5.73 Å². The second-order valence-corrected chi connectivity index (χ2v) is 7.89. The number of pyridine rings is 1. The lowest BCUT2D eigenvalue weighted by atomic mass is 10.1. The molecule has 1 aliphatic rings. The van der Waals surface area contributed by atoms with Gasteiger partial charge in [0, 0.05) is 36.1 Å². The van der Waals surface area contributed by atoms with Crippen molar-refractivity contribution in [1.82, 2.24) is 10.3 Å². The molecule has 1 fully saturated rings. The highest BCUT2D eigenvalue weighted by Gasteiger charge is 2.23. The Morgan fingerprint density at radius 1 is 1.41 bits per heavy atom. The molecule has 2 aromatic heterocycles. The lowest BCUT2D eigenvalue weighted by Gasteiger charge is -2.33. The van der Waals surface area contributed by atoms with Crippen molar-refractivity contribution in [2.75, 3.05) is 25.0 Å². The first kappa shape index (κ1) is 17.9. The van der Waals surface area contributed by atoms with E-state index >= 15 is 0 Å². The number of rotatable bonds is 4. The normalized spacial score (nSPS) is 17.2. The van der Waals surface area contributed by atoms with Crippen molar-refractivity contribution in [2.24, 2.45) is 5.73 Å². The molecule has 3 aromatic rings. The van der Waals surface area contributed by atoms with Gasteiger partial charge < -0.3 is 16.0 Å². The van der Waals surface area contributed by atoms with Crippen LogP contribution in [-0.2, 0) is 0 Å². The Kier molecular flexibility index (Phi) is 4.80. The molecule has 0 aliphatic carbocycles. The Morgan fingerprint density at radius 3 is 2.96 bits per heavy atom. The van der Waals surface area contributed by atoms with Crippen molar-refractivity contribution in [1.29, 1.82) is 0 Å². The Balaban J connectivity index is 1.85. The molecule has 3 N–H and O–H groups in total. The maximum atomic E-state index is 13.7. The van der Waals surface area contributed by atoms with Crippen molar-refractivity contribution in [3.05, 3.63) is 47.9 Å². The number of nitrogens with one attached hydrogen (secondary N) is 1. The minimum Gasteiger partial charge on any atom is -0.366 e. The van der Waals surface area contributed by atoms with Gasteiger partial charge in [-0.15, -0.1) is 11.3 Å². The van der Waals surface area contributed by atoms with Crippen molar-refractivity contribution in [3.63, 3.8) is 0 Å². The van der Waals surface area contributed by atoms with Crippen LogP contribution in [0.1, 0.15) is 23.2 Å². The fraction of sp³-hybridized carbons (Fsp3) is 0.300. The number of primary amides is 1. The summed E-state index contributed by atoms with van der Waals surface area (Å²) in [6, 6.07) is 8.78. The van der Waals surface area contributed by atoms with E-state index in [0.29, 0.717) is 11.6 Å². The molecule has 1 aliphatic heterocycles. The van der Waals surface area contributed by atoms with Gasteiger partial charge in [-0.1, -0.05) is 12.1 Å². The molecule has 0 radical (unpaired) electrons. The van der Waals surface area contributed by atoms with Gasteiger partial charge in [0.15, 0.2) is 0 Å². The summed E-state index contributed by atoms with van der Waals surface area (Å²) in [5.74, 6) is 0.0279. The Morgan fingerprint density at radius 2 is 2.26 bits per heavy atom. The van der Waals surface area contributed by atoms with E-state index in [0.717, 1.165) is 52.3 Å². The van der Waals surface area contributed by atoms with Crippen molar-refractivity contribution < 1.29 is 9.18 Å². The number of fused-ring (bicyclic) bond motifs is 1. The average Bonchev–Trinajstić information content (AvgIpc) is 3.12. The number of likely N-dealkylation sites (N-methyl/N-ethyl adjacent to an activating group) is 1. The number of thiophene rings is 1. The molecule has 1 amide bonds. The van der Waals surface area contributed by atoms with Gasteiger partial charge in [-0.05, 0) is 43.1 Å². The number of hydrogen-bond acceptors (Lipinski definition) is 5. The summed E-state index contributed by atoms with van der Waals surface area (Å²) in [6.45, 7) is 1.94. The summed E-state index contributed by atoms with van der Waals surface area (Å²) in [7, 11) is 2.03. The number of benzene rings is 1. The predicted octanol–water partition coefficient (Wildman–Crippen LogP) is 3.39. The van der Waals surface area contributed by atoms with E-state index in [9.17, 15) is 9.18 Å². The summed E-state index contributed by atoms with van der Waals surface area (Å²) in [4.78, 5) is 19.5. The summed E-state index contributed by atoms with van der Waals surface area (Å²) in [5, 5.41) is 4.30. The van der Waals surface area contributed by atoms with E-state index < -0.39 is 5.91 Å². The van der Waals surface area contributed by atoms with Crippen LogP contribution in [0.4, 0.5) is 10.2 Å². The highest BCUT2D eigenvalue weighted by molar-refractivity contribution is 7.22. The van der Waals surface area contributed by atoms with Crippen LogP contribution >= 0.6 is 11.3 Å². The monoisotopic (exact) mass is 384 g/mol. The lowest BCUT2D eigenvalue weighted by molar-refractivity contribution is 0.100. The second-order valence-electron chi connectivity index (χ2n) is 6.83. The Bertz CT molecular complexity index is 997. The summed E-state index contributed by atoms with van der Waals surface area (Å²) in [5.41, 5.74) is 6.74. The third kappa shape index (κ3) is 3.40. The van der Waals surface area contributed by atoms with Gasteiger partial charge in [-0.25, -0.2) is 9.37 Å². The van der Waals surface area contributed by atoms with Crippen LogP contribution in [0, 0.1) is 5.82 Å². The maximum absolute atomic E-state index is 13.7. The van der Waals surface area contributed by atoms with E-state index in [1.165, 1.54) is 23.5 Å². The van der Waals surface area contributed by atoms with Gasteiger partial charge in [0.1, 0.15) is 11.6 Å². The van der Waals surface area contributed by atoms with Crippen LogP contribution in [-0.4, -0.2) is 37.1 Å². The zero-order valence-electron chi connectivity index (χ0n) is 15.0. The average molecular weight is 384 g/mol. The first-order chi connectivity index (χ1) is 13.0. The molecule has 4 rings (SSSR count). The zero-order valence-corrected chi connectivity index (χ0v) is 15.9. The molecule has 1 saturated heterocycles. The SMILES string of the molecule is CN(c1ncc(C(N)=O)c2sc(-c3cccc(F)c3)cc12)[C@H]1CCCNC1. The zero-order chi connectivity index (χ0) is 19.0. The molecule has 27 heavy (non-hydrogen) atoms. The number of nitrogens with zero attached hydrogens (tertiary/aromatic N) is 2. The number of amides is 1.